The number of aryl methyl sites for hydroxylation is 1. The average Bonchev–Trinajstić information content (AvgIpc) is 2.77. The average molecular weight is 219 g/mol. The van der Waals surface area contributed by atoms with Gasteiger partial charge in [0, 0.05) is 6.04 Å². The summed E-state index contributed by atoms with van der Waals surface area (Å²) in [7, 11) is 3.82. The van der Waals surface area contributed by atoms with Crippen LogP contribution in [0.1, 0.15) is 36.3 Å². The first-order chi connectivity index (χ1) is 7.74. The molecule has 1 saturated carbocycles. The lowest BCUT2D eigenvalue weighted by molar-refractivity contribution is 0.405. The molecule has 1 aliphatic rings. The molecule has 1 N–H and O–H groups in total. The zero-order valence-corrected chi connectivity index (χ0v) is 10.4. The second kappa shape index (κ2) is 4.88. The van der Waals surface area contributed by atoms with Crippen LogP contribution in [0.15, 0.2) is 18.2 Å². The zero-order valence-electron chi connectivity index (χ0n) is 10.4. The molecule has 1 fully saturated rings. The standard InChI is InChI=1S/C14H21NO/c1-10-4-7-14(16-3)13(8-10)11-5-6-12(9-11)15-2/h4,7-8,11-12,15H,5-6,9H2,1-3H3. The Balaban J connectivity index is 2.22. The fourth-order valence-corrected chi connectivity index (χ4v) is 2.70. The zero-order chi connectivity index (χ0) is 11.5. The molecule has 0 spiro atoms. The van der Waals surface area contributed by atoms with Crippen molar-refractivity contribution in [1.29, 1.82) is 0 Å². The molecule has 2 nitrogen and oxygen atoms in total. The number of hydrogen-bond donors (Lipinski definition) is 1. The van der Waals surface area contributed by atoms with Crippen molar-refractivity contribution in [3.05, 3.63) is 29.3 Å². The van der Waals surface area contributed by atoms with E-state index in [2.05, 4.69) is 37.5 Å². The first-order valence-corrected chi connectivity index (χ1v) is 6.06. The summed E-state index contributed by atoms with van der Waals surface area (Å²) in [6.45, 7) is 2.15. The van der Waals surface area contributed by atoms with Gasteiger partial charge in [0.15, 0.2) is 0 Å². The van der Waals surface area contributed by atoms with E-state index in [4.69, 9.17) is 4.74 Å². The van der Waals surface area contributed by atoms with Crippen LogP contribution < -0.4 is 10.1 Å². The number of benzene rings is 1. The van der Waals surface area contributed by atoms with Crippen molar-refractivity contribution in [2.24, 2.45) is 0 Å². The van der Waals surface area contributed by atoms with Crippen LogP contribution in [-0.4, -0.2) is 20.2 Å². The highest BCUT2D eigenvalue weighted by atomic mass is 16.5. The van der Waals surface area contributed by atoms with Gasteiger partial charge in [-0.2, -0.15) is 0 Å². The van der Waals surface area contributed by atoms with Crippen molar-refractivity contribution < 1.29 is 4.74 Å². The molecule has 0 bridgehead atoms. The number of rotatable bonds is 3. The van der Waals surface area contributed by atoms with E-state index in [-0.39, 0.29) is 0 Å². The van der Waals surface area contributed by atoms with Gasteiger partial charge in [0.05, 0.1) is 7.11 Å². The number of methoxy groups -OCH3 is 1. The molecule has 0 aliphatic heterocycles. The van der Waals surface area contributed by atoms with Crippen molar-refractivity contribution in [2.75, 3.05) is 14.2 Å². The second-order valence-electron chi connectivity index (χ2n) is 4.74. The first-order valence-electron chi connectivity index (χ1n) is 6.06. The molecular formula is C14H21NO. The van der Waals surface area contributed by atoms with E-state index in [0.717, 1.165) is 5.75 Å². The summed E-state index contributed by atoms with van der Waals surface area (Å²) < 4.78 is 5.46. The van der Waals surface area contributed by atoms with Crippen LogP contribution >= 0.6 is 0 Å². The van der Waals surface area contributed by atoms with Crippen LogP contribution in [0.25, 0.3) is 0 Å². The summed E-state index contributed by atoms with van der Waals surface area (Å²) in [6.07, 6.45) is 3.78. The minimum atomic E-state index is 0.660. The molecule has 0 radical (unpaired) electrons. The molecule has 16 heavy (non-hydrogen) atoms. The third kappa shape index (κ3) is 2.22. The smallest absolute Gasteiger partial charge is 0.122 e. The van der Waals surface area contributed by atoms with E-state index >= 15 is 0 Å². The molecule has 0 heterocycles. The van der Waals surface area contributed by atoms with Crippen LogP contribution in [0.4, 0.5) is 0 Å². The van der Waals surface area contributed by atoms with Crippen molar-refractivity contribution in [2.45, 2.75) is 38.1 Å². The molecule has 0 aromatic heterocycles. The predicted molar refractivity (Wildman–Crippen MR) is 67.2 cm³/mol. The quantitative estimate of drug-likeness (QED) is 0.844. The SMILES string of the molecule is CNC1CCC(c2cc(C)ccc2OC)C1. The van der Waals surface area contributed by atoms with Gasteiger partial charge in [0.25, 0.3) is 0 Å². The summed E-state index contributed by atoms with van der Waals surface area (Å²) >= 11 is 0. The van der Waals surface area contributed by atoms with Gasteiger partial charge in [-0.3, -0.25) is 0 Å². The van der Waals surface area contributed by atoms with Gasteiger partial charge in [-0.1, -0.05) is 17.7 Å². The first kappa shape index (κ1) is 11.5. The Bertz CT molecular complexity index is 362. The van der Waals surface area contributed by atoms with Crippen LogP contribution in [0, 0.1) is 6.92 Å². The van der Waals surface area contributed by atoms with Crippen molar-refractivity contribution in [3.63, 3.8) is 0 Å². The van der Waals surface area contributed by atoms with Gasteiger partial charge in [0.1, 0.15) is 5.75 Å². The van der Waals surface area contributed by atoms with Gasteiger partial charge in [-0.25, -0.2) is 0 Å². The summed E-state index contributed by atoms with van der Waals surface area (Å²) in [5.74, 6) is 1.71. The third-order valence-corrected chi connectivity index (χ3v) is 3.67. The van der Waals surface area contributed by atoms with Gasteiger partial charge in [-0.15, -0.1) is 0 Å². The van der Waals surface area contributed by atoms with Crippen LogP contribution in [-0.2, 0) is 0 Å². The van der Waals surface area contributed by atoms with Crippen molar-refractivity contribution in [1.82, 2.24) is 5.32 Å². The molecule has 1 aliphatic carbocycles. The van der Waals surface area contributed by atoms with Crippen LogP contribution in [0.3, 0.4) is 0 Å². The van der Waals surface area contributed by atoms with Gasteiger partial charge in [0.2, 0.25) is 0 Å². The van der Waals surface area contributed by atoms with E-state index in [1.54, 1.807) is 7.11 Å². The Morgan fingerprint density at radius 2 is 2.12 bits per heavy atom. The number of ether oxygens (including phenoxy) is 1. The molecule has 1 aromatic rings. The van der Waals surface area contributed by atoms with E-state index < -0.39 is 0 Å². The fraction of sp³-hybridized carbons (Fsp3) is 0.571. The maximum Gasteiger partial charge on any atom is 0.122 e. The van der Waals surface area contributed by atoms with Crippen molar-refractivity contribution >= 4 is 0 Å². The lowest BCUT2D eigenvalue weighted by Crippen LogP contribution is -2.21. The Hall–Kier alpha value is -1.02. The highest BCUT2D eigenvalue weighted by Crippen LogP contribution is 2.39. The summed E-state index contributed by atoms with van der Waals surface area (Å²) in [5.41, 5.74) is 2.71. The Kier molecular flexibility index (Phi) is 3.49. The fourth-order valence-electron chi connectivity index (χ4n) is 2.70. The molecule has 2 heteroatoms. The topological polar surface area (TPSA) is 21.3 Å². The largest absolute Gasteiger partial charge is 0.496 e. The summed E-state index contributed by atoms with van der Waals surface area (Å²) in [4.78, 5) is 0. The van der Waals surface area contributed by atoms with Gasteiger partial charge >= 0.3 is 0 Å². The monoisotopic (exact) mass is 219 g/mol. The van der Waals surface area contributed by atoms with Crippen LogP contribution in [0.5, 0.6) is 5.75 Å². The lowest BCUT2D eigenvalue weighted by Gasteiger charge is -2.16. The Morgan fingerprint density at radius 1 is 1.31 bits per heavy atom. The Morgan fingerprint density at radius 3 is 2.75 bits per heavy atom. The lowest BCUT2D eigenvalue weighted by atomic mass is 9.95. The second-order valence-corrected chi connectivity index (χ2v) is 4.74. The van der Waals surface area contributed by atoms with E-state index in [1.807, 2.05) is 0 Å². The maximum atomic E-state index is 5.46. The summed E-state index contributed by atoms with van der Waals surface area (Å²) in [5, 5.41) is 3.37. The number of nitrogens with one attached hydrogen (secondary N) is 1. The van der Waals surface area contributed by atoms with Gasteiger partial charge in [-0.05, 0) is 50.8 Å². The van der Waals surface area contributed by atoms with E-state index in [1.165, 1.54) is 30.4 Å². The molecule has 2 atom stereocenters. The highest BCUT2D eigenvalue weighted by molar-refractivity contribution is 5.40. The number of hydrogen-bond acceptors (Lipinski definition) is 2. The van der Waals surface area contributed by atoms with E-state index in [0.29, 0.717) is 12.0 Å². The van der Waals surface area contributed by atoms with Crippen molar-refractivity contribution in [3.8, 4) is 5.75 Å². The normalized spacial score (nSPS) is 24.7. The maximum absolute atomic E-state index is 5.46. The molecular weight excluding hydrogens is 198 g/mol. The molecule has 0 amide bonds. The van der Waals surface area contributed by atoms with Crippen LogP contribution in [0.2, 0.25) is 0 Å². The molecule has 2 unspecified atom stereocenters. The predicted octanol–water partition coefficient (Wildman–Crippen LogP) is 2.86. The highest BCUT2D eigenvalue weighted by Gasteiger charge is 2.26. The molecule has 88 valence electrons. The minimum Gasteiger partial charge on any atom is -0.496 e. The third-order valence-electron chi connectivity index (χ3n) is 3.67. The Labute approximate surface area is 98.0 Å². The van der Waals surface area contributed by atoms with E-state index in [9.17, 15) is 0 Å². The molecule has 0 saturated heterocycles. The molecule has 1 aromatic carbocycles. The molecule has 2 rings (SSSR count). The minimum absolute atomic E-state index is 0.660. The van der Waals surface area contributed by atoms with Gasteiger partial charge < -0.3 is 10.1 Å². The summed E-state index contributed by atoms with van der Waals surface area (Å²) in [6, 6.07) is 7.17.